The van der Waals surface area contributed by atoms with E-state index < -0.39 is 0 Å². The van der Waals surface area contributed by atoms with Crippen molar-refractivity contribution in [3.8, 4) is 6.07 Å². The molecule has 1 heterocycles. The van der Waals surface area contributed by atoms with Gasteiger partial charge < -0.3 is 4.90 Å². The summed E-state index contributed by atoms with van der Waals surface area (Å²) in [6, 6.07) is 9.41. The first-order valence-electron chi connectivity index (χ1n) is 9.54. The molecule has 148 valence electrons. The molecule has 2 aromatic rings. The Labute approximate surface area is 172 Å². The predicted molar refractivity (Wildman–Crippen MR) is 113 cm³/mol. The van der Waals surface area contributed by atoms with Gasteiger partial charge in [0.2, 0.25) is 5.91 Å². The van der Waals surface area contributed by atoms with Crippen LogP contribution in [0.15, 0.2) is 30.3 Å². The van der Waals surface area contributed by atoms with Crippen molar-refractivity contribution in [2.45, 2.75) is 47.2 Å². The van der Waals surface area contributed by atoms with Crippen molar-refractivity contribution >= 4 is 23.6 Å². The SMILES string of the molecule is CCCN(Cc1ccc(C#N)cc1)C(=O)/C=C/c1c(C)nn(CC(C)C)c1Cl. The van der Waals surface area contributed by atoms with Crippen LogP contribution < -0.4 is 0 Å². The van der Waals surface area contributed by atoms with Crippen molar-refractivity contribution in [3.63, 3.8) is 0 Å². The molecule has 0 aliphatic rings. The number of aryl methyl sites for hydroxylation is 1. The summed E-state index contributed by atoms with van der Waals surface area (Å²) < 4.78 is 1.78. The van der Waals surface area contributed by atoms with Gasteiger partial charge in [-0.3, -0.25) is 9.48 Å². The third-order valence-corrected chi connectivity index (χ3v) is 4.70. The number of nitriles is 1. The molecular weight excluding hydrogens is 372 g/mol. The highest BCUT2D eigenvalue weighted by Crippen LogP contribution is 2.22. The molecule has 0 aliphatic heterocycles. The van der Waals surface area contributed by atoms with E-state index in [1.54, 1.807) is 33.9 Å². The molecule has 0 atom stereocenters. The molecule has 0 radical (unpaired) electrons. The maximum absolute atomic E-state index is 12.8. The first kappa shape index (κ1) is 21.7. The molecule has 0 aliphatic carbocycles. The molecule has 1 amide bonds. The zero-order chi connectivity index (χ0) is 20.7. The zero-order valence-electron chi connectivity index (χ0n) is 16.9. The van der Waals surface area contributed by atoms with E-state index in [-0.39, 0.29) is 5.91 Å². The van der Waals surface area contributed by atoms with E-state index >= 15 is 0 Å². The van der Waals surface area contributed by atoms with Gasteiger partial charge in [-0.05, 0) is 43.0 Å². The quantitative estimate of drug-likeness (QED) is 0.598. The van der Waals surface area contributed by atoms with Crippen LogP contribution in [0.3, 0.4) is 0 Å². The summed E-state index contributed by atoms with van der Waals surface area (Å²) in [6.45, 7) is 10.1. The Morgan fingerprint density at radius 1 is 1.36 bits per heavy atom. The lowest BCUT2D eigenvalue weighted by Crippen LogP contribution is -2.29. The number of rotatable bonds is 8. The molecule has 28 heavy (non-hydrogen) atoms. The lowest BCUT2D eigenvalue weighted by Gasteiger charge is -2.20. The van der Waals surface area contributed by atoms with Crippen LogP contribution in [0.1, 0.15) is 49.6 Å². The lowest BCUT2D eigenvalue weighted by atomic mass is 10.1. The predicted octanol–water partition coefficient (Wildman–Crippen LogP) is 4.82. The summed E-state index contributed by atoms with van der Waals surface area (Å²) in [6.07, 6.45) is 4.18. The first-order chi connectivity index (χ1) is 13.3. The molecule has 1 aromatic heterocycles. The average Bonchev–Trinajstić information content (AvgIpc) is 2.92. The molecule has 0 unspecified atom stereocenters. The largest absolute Gasteiger partial charge is 0.335 e. The monoisotopic (exact) mass is 398 g/mol. The van der Waals surface area contributed by atoms with E-state index in [0.29, 0.717) is 29.7 Å². The Hall–Kier alpha value is -2.58. The fraction of sp³-hybridized carbons (Fsp3) is 0.409. The normalized spacial score (nSPS) is 11.2. The van der Waals surface area contributed by atoms with Crippen molar-refractivity contribution in [3.05, 3.63) is 57.9 Å². The van der Waals surface area contributed by atoms with E-state index in [4.69, 9.17) is 16.9 Å². The number of amides is 1. The van der Waals surface area contributed by atoms with Crippen LogP contribution in [0.2, 0.25) is 5.15 Å². The molecule has 5 nitrogen and oxygen atoms in total. The molecule has 2 rings (SSSR count). The van der Waals surface area contributed by atoms with Crippen LogP contribution in [-0.2, 0) is 17.9 Å². The van der Waals surface area contributed by atoms with Gasteiger partial charge in [0, 0.05) is 31.3 Å². The summed E-state index contributed by atoms with van der Waals surface area (Å²) in [7, 11) is 0. The number of hydrogen-bond donors (Lipinski definition) is 0. The second kappa shape index (κ2) is 10.1. The van der Waals surface area contributed by atoms with Crippen LogP contribution in [0.25, 0.3) is 6.08 Å². The third kappa shape index (κ3) is 5.71. The number of hydrogen-bond acceptors (Lipinski definition) is 3. The van der Waals surface area contributed by atoms with Crippen LogP contribution in [0.4, 0.5) is 0 Å². The van der Waals surface area contributed by atoms with Crippen molar-refractivity contribution in [1.82, 2.24) is 14.7 Å². The number of nitrogens with zero attached hydrogens (tertiary/aromatic N) is 4. The smallest absolute Gasteiger partial charge is 0.246 e. The van der Waals surface area contributed by atoms with Crippen molar-refractivity contribution in [2.75, 3.05) is 6.54 Å². The highest BCUT2D eigenvalue weighted by molar-refractivity contribution is 6.31. The molecular formula is C22H27ClN4O. The summed E-state index contributed by atoms with van der Waals surface area (Å²) in [5, 5.41) is 13.9. The Bertz CT molecular complexity index is 875. The minimum absolute atomic E-state index is 0.0710. The number of benzene rings is 1. The highest BCUT2D eigenvalue weighted by Gasteiger charge is 2.14. The van der Waals surface area contributed by atoms with Gasteiger partial charge in [0.25, 0.3) is 0 Å². The summed E-state index contributed by atoms with van der Waals surface area (Å²) in [5.74, 6) is 0.362. The van der Waals surface area contributed by atoms with Gasteiger partial charge in [-0.25, -0.2) is 0 Å². The maximum Gasteiger partial charge on any atom is 0.246 e. The number of carbonyl (C=O) groups is 1. The maximum atomic E-state index is 12.8. The van der Waals surface area contributed by atoms with Gasteiger partial charge in [-0.15, -0.1) is 0 Å². The van der Waals surface area contributed by atoms with Gasteiger partial charge in [0.1, 0.15) is 5.15 Å². The molecule has 1 aromatic carbocycles. The van der Waals surface area contributed by atoms with Gasteiger partial charge >= 0.3 is 0 Å². The molecule has 6 heteroatoms. The van der Waals surface area contributed by atoms with Crippen molar-refractivity contribution in [2.24, 2.45) is 5.92 Å². The fourth-order valence-corrected chi connectivity index (χ4v) is 3.23. The number of aromatic nitrogens is 2. The second-order valence-electron chi connectivity index (χ2n) is 7.27. The van der Waals surface area contributed by atoms with Crippen molar-refractivity contribution in [1.29, 1.82) is 5.26 Å². The van der Waals surface area contributed by atoms with Gasteiger partial charge in [0.05, 0.1) is 17.3 Å². The Morgan fingerprint density at radius 2 is 2.04 bits per heavy atom. The van der Waals surface area contributed by atoms with Gasteiger partial charge in [0.15, 0.2) is 0 Å². The molecule has 0 bridgehead atoms. The van der Waals surface area contributed by atoms with Gasteiger partial charge in [-0.2, -0.15) is 10.4 Å². The van der Waals surface area contributed by atoms with E-state index in [1.165, 1.54) is 0 Å². The Morgan fingerprint density at radius 3 is 2.61 bits per heavy atom. The Kier molecular flexibility index (Phi) is 7.83. The average molecular weight is 399 g/mol. The second-order valence-corrected chi connectivity index (χ2v) is 7.63. The molecule has 0 saturated heterocycles. The molecule has 0 fully saturated rings. The summed E-state index contributed by atoms with van der Waals surface area (Å²) in [5.41, 5.74) is 3.20. The van der Waals surface area contributed by atoms with E-state index in [0.717, 1.165) is 29.8 Å². The minimum atomic E-state index is -0.0710. The van der Waals surface area contributed by atoms with Crippen molar-refractivity contribution < 1.29 is 4.79 Å². The van der Waals surface area contributed by atoms with Gasteiger partial charge in [-0.1, -0.05) is 44.5 Å². The topological polar surface area (TPSA) is 61.9 Å². The zero-order valence-corrected chi connectivity index (χ0v) is 17.7. The lowest BCUT2D eigenvalue weighted by molar-refractivity contribution is -0.126. The van der Waals surface area contributed by atoms with Crippen LogP contribution in [0, 0.1) is 24.2 Å². The number of carbonyl (C=O) groups excluding carboxylic acids is 1. The molecule has 0 saturated carbocycles. The first-order valence-corrected chi connectivity index (χ1v) is 9.92. The van der Waals surface area contributed by atoms with E-state index in [9.17, 15) is 4.79 Å². The van der Waals surface area contributed by atoms with E-state index in [1.807, 2.05) is 26.0 Å². The molecule has 0 spiro atoms. The van der Waals surface area contributed by atoms with Crippen LogP contribution >= 0.6 is 11.6 Å². The highest BCUT2D eigenvalue weighted by atomic mass is 35.5. The third-order valence-electron chi connectivity index (χ3n) is 4.30. The standard InChI is InChI=1S/C22H27ClN4O/c1-5-12-26(15-19-8-6-18(13-24)7-9-19)21(28)11-10-20-17(4)25-27(22(20)23)14-16(2)3/h6-11,16H,5,12,14-15H2,1-4H3/b11-10+. The minimum Gasteiger partial charge on any atom is -0.335 e. The van der Waals surface area contributed by atoms with Crippen LogP contribution in [0.5, 0.6) is 0 Å². The number of halogens is 1. The summed E-state index contributed by atoms with van der Waals surface area (Å²) >= 11 is 6.45. The summed E-state index contributed by atoms with van der Waals surface area (Å²) in [4.78, 5) is 14.5. The Balaban J connectivity index is 2.15. The van der Waals surface area contributed by atoms with Crippen LogP contribution in [-0.4, -0.2) is 27.1 Å². The van der Waals surface area contributed by atoms with E-state index in [2.05, 4.69) is 25.0 Å². The fourth-order valence-electron chi connectivity index (χ4n) is 2.93. The molecule has 0 N–H and O–H groups in total.